The highest BCUT2D eigenvalue weighted by Crippen LogP contribution is 2.63. The third-order valence-electron chi connectivity index (χ3n) is 7.48. The summed E-state index contributed by atoms with van der Waals surface area (Å²) in [6, 6.07) is 0. The maximum atomic E-state index is 12.5. The van der Waals surface area contributed by atoms with Gasteiger partial charge in [-0.3, -0.25) is 4.79 Å². The minimum Gasteiger partial charge on any atom is -0.469 e. The minimum atomic E-state index is -0.313. The highest BCUT2D eigenvalue weighted by Gasteiger charge is 2.58. The Labute approximate surface area is 141 Å². The van der Waals surface area contributed by atoms with E-state index >= 15 is 0 Å². The molecular weight excluding hydrogens is 284 g/mol. The number of allylic oxidation sites excluding steroid dienone is 3. The summed E-state index contributed by atoms with van der Waals surface area (Å²) >= 11 is 0. The summed E-state index contributed by atoms with van der Waals surface area (Å²) in [4.78, 5) is 12.5. The number of methoxy groups -OCH3 is 1. The zero-order chi connectivity index (χ0) is 16.9. The average Bonchev–Trinajstić information content (AvgIpc) is 2.53. The van der Waals surface area contributed by atoms with Crippen molar-refractivity contribution in [2.45, 2.75) is 65.7 Å². The smallest absolute Gasteiger partial charge is 0.311 e. The van der Waals surface area contributed by atoms with Gasteiger partial charge in [0.25, 0.3) is 0 Å². The Morgan fingerprint density at radius 1 is 1.30 bits per heavy atom. The van der Waals surface area contributed by atoms with Crippen molar-refractivity contribution in [2.24, 2.45) is 28.1 Å². The number of rotatable bonds is 2. The van der Waals surface area contributed by atoms with Gasteiger partial charge in [0, 0.05) is 0 Å². The van der Waals surface area contributed by atoms with Crippen LogP contribution in [-0.4, -0.2) is 13.1 Å². The normalized spacial score (nSPS) is 46.2. The Bertz CT molecular complexity index is 548. The van der Waals surface area contributed by atoms with Crippen LogP contribution < -0.4 is 0 Å². The highest BCUT2D eigenvalue weighted by atomic mass is 16.5. The van der Waals surface area contributed by atoms with E-state index < -0.39 is 0 Å². The van der Waals surface area contributed by atoms with Crippen LogP contribution in [0.1, 0.15) is 65.7 Å². The van der Waals surface area contributed by atoms with Gasteiger partial charge < -0.3 is 4.74 Å². The van der Waals surface area contributed by atoms with Crippen LogP contribution in [0.5, 0.6) is 0 Å². The molecule has 2 nitrogen and oxygen atoms in total. The molecule has 0 radical (unpaired) electrons. The first kappa shape index (κ1) is 16.8. The Morgan fingerprint density at radius 3 is 2.70 bits per heavy atom. The van der Waals surface area contributed by atoms with E-state index in [1.165, 1.54) is 19.3 Å². The van der Waals surface area contributed by atoms with E-state index in [0.29, 0.717) is 11.8 Å². The number of esters is 1. The van der Waals surface area contributed by atoms with Gasteiger partial charge in [0.1, 0.15) is 0 Å². The molecule has 0 aromatic rings. The maximum absolute atomic E-state index is 12.5. The molecule has 3 rings (SSSR count). The summed E-state index contributed by atoms with van der Waals surface area (Å²) in [7, 11) is 1.54. The fourth-order valence-electron chi connectivity index (χ4n) is 6.09. The second-order valence-corrected chi connectivity index (χ2v) is 8.93. The summed E-state index contributed by atoms with van der Waals surface area (Å²) in [6.07, 6.45) is 12.7. The van der Waals surface area contributed by atoms with E-state index in [1.807, 2.05) is 0 Å². The van der Waals surface area contributed by atoms with E-state index in [4.69, 9.17) is 4.74 Å². The molecule has 0 aromatic carbocycles. The van der Waals surface area contributed by atoms with Gasteiger partial charge >= 0.3 is 5.97 Å². The number of ether oxygens (including phenoxy) is 1. The quantitative estimate of drug-likeness (QED) is 0.511. The third-order valence-corrected chi connectivity index (χ3v) is 7.48. The molecule has 0 aliphatic heterocycles. The van der Waals surface area contributed by atoms with E-state index in [0.717, 1.165) is 25.7 Å². The van der Waals surface area contributed by atoms with Crippen molar-refractivity contribution < 1.29 is 9.53 Å². The molecule has 3 aliphatic rings. The lowest BCUT2D eigenvalue weighted by atomic mass is 9.46. The van der Waals surface area contributed by atoms with Gasteiger partial charge in [-0.25, -0.2) is 0 Å². The van der Waals surface area contributed by atoms with Crippen LogP contribution in [0, 0.1) is 28.1 Å². The Kier molecular flexibility index (Phi) is 4.01. The summed E-state index contributed by atoms with van der Waals surface area (Å²) < 4.78 is 5.20. The predicted octanol–water partition coefficient (Wildman–Crippen LogP) is 5.29. The summed E-state index contributed by atoms with van der Waals surface area (Å²) in [6.45, 7) is 11.0. The van der Waals surface area contributed by atoms with Crippen LogP contribution in [0.25, 0.3) is 0 Å². The zero-order valence-corrected chi connectivity index (χ0v) is 15.3. The molecule has 0 spiro atoms. The Balaban J connectivity index is 1.98. The summed E-state index contributed by atoms with van der Waals surface area (Å²) in [5.74, 6) is 1.10. The van der Waals surface area contributed by atoms with Gasteiger partial charge in [0.05, 0.1) is 12.5 Å². The van der Waals surface area contributed by atoms with Crippen molar-refractivity contribution in [3.8, 4) is 0 Å². The zero-order valence-electron chi connectivity index (χ0n) is 15.3. The Morgan fingerprint density at radius 2 is 2.04 bits per heavy atom. The van der Waals surface area contributed by atoms with Crippen molar-refractivity contribution in [2.75, 3.05) is 7.11 Å². The van der Waals surface area contributed by atoms with Crippen LogP contribution >= 0.6 is 0 Å². The fraction of sp³-hybridized carbons (Fsp3) is 0.762. The summed E-state index contributed by atoms with van der Waals surface area (Å²) in [5.41, 5.74) is 1.75. The van der Waals surface area contributed by atoms with Crippen molar-refractivity contribution in [1.82, 2.24) is 0 Å². The van der Waals surface area contributed by atoms with Gasteiger partial charge in [-0.2, -0.15) is 0 Å². The van der Waals surface area contributed by atoms with Crippen molar-refractivity contribution in [3.63, 3.8) is 0 Å². The molecule has 0 saturated heterocycles. The van der Waals surface area contributed by atoms with E-state index in [1.54, 1.807) is 12.7 Å². The van der Waals surface area contributed by atoms with E-state index in [-0.39, 0.29) is 22.2 Å². The molecule has 2 heteroatoms. The molecule has 0 bridgehead atoms. The van der Waals surface area contributed by atoms with E-state index in [9.17, 15) is 4.79 Å². The third kappa shape index (κ3) is 2.40. The van der Waals surface area contributed by atoms with Crippen molar-refractivity contribution >= 4 is 5.97 Å². The second kappa shape index (κ2) is 5.50. The largest absolute Gasteiger partial charge is 0.469 e. The lowest BCUT2D eigenvalue weighted by Crippen LogP contribution is -2.53. The molecular formula is C21H32O2. The van der Waals surface area contributed by atoms with Crippen molar-refractivity contribution in [3.05, 3.63) is 24.3 Å². The van der Waals surface area contributed by atoms with Crippen LogP contribution in [0.4, 0.5) is 0 Å². The van der Waals surface area contributed by atoms with Gasteiger partial charge in [-0.1, -0.05) is 38.0 Å². The lowest BCUT2D eigenvalue weighted by Gasteiger charge is -2.58. The lowest BCUT2D eigenvalue weighted by molar-refractivity contribution is -0.164. The summed E-state index contributed by atoms with van der Waals surface area (Å²) in [5, 5.41) is 0. The highest BCUT2D eigenvalue weighted by molar-refractivity contribution is 5.77. The van der Waals surface area contributed by atoms with Crippen molar-refractivity contribution in [1.29, 1.82) is 0 Å². The average molecular weight is 316 g/mol. The molecule has 0 amide bonds. The van der Waals surface area contributed by atoms with Gasteiger partial charge in [-0.15, -0.1) is 6.58 Å². The molecule has 128 valence electrons. The molecule has 0 aromatic heterocycles. The van der Waals surface area contributed by atoms with Crippen LogP contribution in [-0.2, 0) is 9.53 Å². The molecule has 0 N–H and O–H groups in total. The molecule has 0 heterocycles. The number of hydrogen-bond acceptors (Lipinski definition) is 2. The number of carbonyl (C=O) groups excluding carboxylic acids is 1. The second-order valence-electron chi connectivity index (χ2n) is 8.93. The first-order chi connectivity index (χ1) is 10.8. The maximum Gasteiger partial charge on any atom is 0.311 e. The molecule has 23 heavy (non-hydrogen) atoms. The SMILES string of the molecule is C=C[C@@]1(C)CC=C2C(CC[C@@H]3[C@](C)(C(=O)OC)CCC[C@@]23C)C1. The van der Waals surface area contributed by atoms with Gasteiger partial charge in [0.2, 0.25) is 0 Å². The molecule has 3 aliphatic carbocycles. The number of carbonyl (C=O) groups is 1. The number of fused-ring (bicyclic) bond motifs is 3. The first-order valence-electron chi connectivity index (χ1n) is 9.22. The molecule has 2 fully saturated rings. The predicted molar refractivity (Wildman–Crippen MR) is 93.9 cm³/mol. The molecule has 5 atom stereocenters. The topological polar surface area (TPSA) is 26.3 Å². The van der Waals surface area contributed by atoms with Gasteiger partial charge in [0.15, 0.2) is 0 Å². The Hall–Kier alpha value is -1.05. The van der Waals surface area contributed by atoms with E-state index in [2.05, 4.69) is 39.5 Å². The van der Waals surface area contributed by atoms with Gasteiger partial charge in [-0.05, 0) is 68.1 Å². The van der Waals surface area contributed by atoms with Crippen LogP contribution in [0.2, 0.25) is 0 Å². The fourth-order valence-corrected chi connectivity index (χ4v) is 6.09. The standard InChI is InChI=1S/C21H32O2/c1-6-19(2)13-10-16-15(14-19)8-9-17-20(16,3)11-7-12-21(17,4)18(22)23-5/h6,10,15,17H,1,7-9,11-14H2,2-5H3/t15?,17-,19-,20-,21+/m0/s1. The first-order valence-corrected chi connectivity index (χ1v) is 9.22. The monoisotopic (exact) mass is 316 g/mol. The number of hydrogen-bond donors (Lipinski definition) is 0. The molecule has 2 saturated carbocycles. The molecule has 1 unspecified atom stereocenters. The van der Waals surface area contributed by atoms with Crippen LogP contribution in [0.15, 0.2) is 24.3 Å². The van der Waals surface area contributed by atoms with Crippen LogP contribution in [0.3, 0.4) is 0 Å². The minimum absolute atomic E-state index is 0.000728.